The van der Waals surface area contributed by atoms with Crippen molar-refractivity contribution in [1.29, 1.82) is 0 Å². The van der Waals surface area contributed by atoms with E-state index in [0.29, 0.717) is 17.0 Å². The Labute approximate surface area is 222 Å². The molecule has 1 N–H and O–H groups in total. The summed E-state index contributed by atoms with van der Waals surface area (Å²) >= 11 is 0. The number of carbonyl (C=O) groups is 2. The molecular weight excluding hydrogens is 502 g/mol. The lowest BCUT2D eigenvalue weighted by Crippen LogP contribution is -2.40. The van der Waals surface area contributed by atoms with Crippen LogP contribution >= 0.6 is 0 Å². The van der Waals surface area contributed by atoms with Crippen molar-refractivity contribution in [2.75, 3.05) is 14.2 Å². The Morgan fingerprint density at radius 3 is 2.41 bits per heavy atom. The van der Waals surface area contributed by atoms with E-state index in [1.807, 2.05) is 0 Å². The van der Waals surface area contributed by atoms with E-state index in [1.54, 1.807) is 49.4 Å². The number of benzene rings is 2. The van der Waals surface area contributed by atoms with Gasteiger partial charge in [0.15, 0.2) is 11.6 Å². The van der Waals surface area contributed by atoms with Crippen LogP contribution in [0.3, 0.4) is 0 Å². The normalized spacial score (nSPS) is 20.1. The summed E-state index contributed by atoms with van der Waals surface area (Å²) in [5.41, 5.74) is 1.03. The number of methoxy groups -OCH3 is 2. The van der Waals surface area contributed by atoms with Gasteiger partial charge in [0, 0.05) is 46.8 Å². The Morgan fingerprint density at radius 1 is 0.974 bits per heavy atom. The number of aromatic nitrogens is 3. The Kier molecular flexibility index (Phi) is 5.56. The third-order valence-corrected chi connectivity index (χ3v) is 7.68. The van der Waals surface area contributed by atoms with E-state index in [-0.39, 0.29) is 58.3 Å². The Hall–Kier alpha value is -4.86. The van der Waals surface area contributed by atoms with E-state index < -0.39 is 23.3 Å². The molecule has 3 aromatic rings. The number of ketones is 2. The molecule has 3 aliphatic rings. The molecule has 0 fully saturated rings. The van der Waals surface area contributed by atoms with Gasteiger partial charge in [-0.3, -0.25) is 9.59 Å². The zero-order valence-corrected chi connectivity index (χ0v) is 21.5. The second-order valence-corrected chi connectivity index (χ2v) is 9.70. The van der Waals surface area contributed by atoms with Crippen molar-refractivity contribution < 1.29 is 24.2 Å². The molecular formula is C29H25N3O7. The molecule has 10 nitrogen and oxygen atoms in total. The summed E-state index contributed by atoms with van der Waals surface area (Å²) in [5.74, 6) is -1.13. The number of phenols is 1. The van der Waals surface area contributed by atoms with Crippen molar-refractivity contribution in [3.63, 3.8) is 0 Å². The lowest BCUT2D eigenvalue weighted by Gasteiger charge is -2.40. The highest BCUT2D eigenvalue weighted by molar-refractivity contribution is 6.23. The number of aromatic hydroxyl groups is 1. The molecule has 6 rings (SSSR count). The van der Waals surface area contributed by atoms with Gasteiger partial charge in [-0.2, -0.15) is 0 Å². The van der Waals surface area contributed by atoms with Gasteiger partial charge in [0.1, 0.15) is 17.2 Å². The van der Waals surface area contributed by atoms with E-state index in [9.17, 15) is 24.3 Å². The first-order chi connectivity index (χ1) is 18.8. The van der Waals surface area contributed by atoms with Crippen molar-refractivity contribution >= 4 is 11.6 Å². The minimum atomic E-state index is -0.893. The minimum Gasteiger partial charge on any atom is -0.507 e. The summed E-state index contributed by atoms with van der Waals surface area (Å²) in [6, 6.07) is 10.9. The minimum absolute atomic E-state index is 0.0450. The number of Topliss-reactive ketones (excluding diaryl/α,β-unsaturated/α-hetero) is 1. The number of hydrogen-bond donors (Lipinski definition) is 1. The van der Waals surface area contributed by atoms with Crippen molar-refractivity contribution in [3.8, 4) is 22.9 Å². The van der Waals surface area contributed by atoms with E-state index in [4.69, 9.17) is 9.47 Å². The third kappa shape index (κ3) is 3.48. The summed E-state index contributed by atoms with van der Waals surface area (Å²) in [7, 11) is 2.89. The number of allylic oxidation sites excluding steroid dienone is 6. The lowest BCUT2D eigenvalue weighted by atomic mass is 9.67. The highest BCUT2D eigenvalue weighted by atomic mass is 16.5. The summed E-state index contributed by atoms with van der Waals surface area (Å²) in [6.45, 7) is 1.64. The first kappa shape index (κ1) is 24.5. The fourth-order valence-electron chi connectivity index (χ4n) is 5.93. The molecule has 10 heteroatoms. The number of ether oxygens (including phenoxy) is 2. The van der Waals surface area contributed by atoms with Crippen LogP contribution in [0.25, 0.3) is 5.69 Å². The van der Waals surface area contributed by atoms with Crippen LogP contribution < -0.4 is 20.9 Å². The van der Waals surface area contributed by atoms with E-state index >= 15 is 0 Å². The number of carbonyl (C=O) groups excluding carboxylic acids is 2. The monoisotopic (exact) mass is 527 g/mol. The quantitative estimate of drug-likeness (QED) is 0.409. The van der Waals surface area contributed by atoms with Crippen LogP contribution in [0.1, 0.15) is 30.9 Å². The number of phenolic OH excluding ortho intramolecular Hbond substituents is 1. The smallest absolute Gasteiger partial charge is 0.352 e. The Morgan fingerprint density at radius 2 is 1.72 bits per heavy atom. The van der Waals surface area contributed by atoms with Gasteiger partial charge in [-0.1, -0.05) is 24.3 Å². The zero-order valence-electron chi connectivity index (χ0n) is 21.5. The summed E-state index contributed by atoms with van der Waals surface area (Å²) in [6.07, 6.45) is 3.14. The second kappa shape index (κ2) is 8.87. The van der Waals surface area contributed by atoms with Crippen molar-refractivity contribution in [2.45, 2.75) is 31.8 Å². The fourth-order valence-corrected chi connectivity index (χ4v) is 5.93. The standard InChI is InChI=1S/C29H25N3O7/c1-15-11-21(33)19-14-20-18(9-10-30-28(36)31(29(37)32(20)30)16-7-5-4-6-8-16)24(25(19)27(15)35)26-22(34)12-17(38-2)13-23(26)39-3/h4-9,11-13,20,24,34H,10,14H2,1-3H3/t20-,24+/m1/s1. The summed E-state index contributed by atoms with van der Waals surface area (Å²) in [5, 5.41) is 11.2. The van der Waals surface area contributed by atoms with Gasteiger partial charge in [0.05, 0.1) is 32.5 Å². The molecule has 198 valence electrons. The lowest BCUT2D eigenvalue weighted by molar-refractivity contribution is -0.116. The van der Waals surface area contributed by atoms with Gasteiger partial charge in [-0.05, 0) is 30.7 Å². The molecule has 2 aromatic carbocycles. The molecule has 1 aliphatic heterocycles. The maximum absolute atomic E-state index is 13.8. The van der Waals surface area contributed by atoms with Gasteiger partial charge in [0.25, 0.3) is 0 Å². The van der Waals surface area contributed by atoms with Gasteiger partial charge in [-0.25, -0.2) is 23.5 Å². The molecule has 2 heterocycles. The van der Waals surface area contributed by atoms with E-state index in [2.05, 4.69) is 0 Å². The first-order valence-corrected chi connectivity index (χ1v) is 12.4. The van der Waals surface area contributed by atoms with Crippen molar-refractivity contribution in [3.05, 3.63) is 103 Å². The average molecular weight is 528 g/mol. The Bertz CT molecular complexity index is 1780. The van der Waals surface area contributed by atoms with Crippen LogP contribution in [-0.4, -0.2) is 44.8 Å². The molecule has 2 aliphatic carbocycles. The molecule has 0 saturated heterocycles. The van der Waals surface area contributed by atoms with Gasteiger partial charge >= 0.3 is 11.4 Å². The summed E-state index contributed by atoms with van der Waals surface area (Å²) < 4.78 is 14.7. The molecule has 0 unspecified atom stereocenters. The number of rotatable bonds is 4. The highest BCUT2D eigenvalue weighted by Gasteiger charge is 2.46. The largest absolute Gasteiger partial charge is 0.507 e. The molecule has 0 amide bonds. The van der Waals surface area contributed by atoms with E-state index in [1.165, 1.54) is 35.7 Å². The second-order valence-electron chi connectivity index (χ2n) is 9.70. The van der Waals surface area contributed by atoms with Crippen LogP contribution in [0.4, 0.5) is 0 Å². The number of nitrogens with zero attached hydrogens (tertiary/aromatic N) is 3. The Balaban J connectivity index is 1.63. The first-order valence-electron chi connectivity index (χ1n) is 12.4. The predicted molar refractivity (Wildman–Crippen MR) is 141 cm³/mol. The van der Waals surface area contributed by atoms with E-state index in [0.717, 1.165) is 4.57 Å². The van der Waals surface area contributed by atoms with Crippen LogP contribution in [0.2, 0.25) is 0 Å². The van der Waals surface area contributed by atoms with Gasteiger partial charge < -0.3 is 14.6 Å². The van der Waals surface area contributed by atoms with Gasteiger partial charge in [0.2, 0.25) is 0 Å². The molecule has 0 radical (unpaired) electrons. The molecule has 2 atom stereocenters. The highest BCUT2D eigenvalue weighted by Crippen LogP contribution is 2.54. The topological polar surface area (TPSA) is 122 Å². The number of hydrogen-bond acceptors (Lipinski definition) is 7. The van der Waals surface area contributed by atoms with Crippen molar-refractivity contribution in [1.82, 2.24) is 13.9 Å². The van der Waals surface area contributed by atoms with Crippen LogP contribution in [0.5, 0.6) is 17.2 Å². The number of fused-ring (bicyclic) bond motifs is 3. The van der Waals surface area contributed by atoms with Crippen LogP contribution in [0, 0.1) is 0 Å². The summed E-state index contributed by atoms with van der Waals surface area (Å²) in [4.78, 5) is 54.0. The predicted octanol–water partition coefficient (Wildman–Crippen LogP) is 2.59. The average Bonchev–Trinajstić information content (AvgIpc) is 3.20. The maximum atomic E-state index is 13.8. The molecule has 0 bridgehead atoms. The zero-order chi connectivity index (χ0) is 27.6. The molecule has 39 heavy (non-hydrogen) atoms. The maximum Gasteiger partial charge on any atom is 0.352 e. The fraction of sp³-hybridized carbons (Fsp3) is 0.241. The third-order valence-electron chi connectivity index (χ3n) is 7.68. The van der Waals surface area contributed by atoms with Gasteiger partial charge in [-0.15, -0.1) is 0 Å². The number of para-hydroxylation sites is 1. The molecule has 0 spiro atoms. The van der Waals surface area contributed by atoms with Crippen LogP contribution in [-0.2, 0) is 16.1 Å². The SMILES string of the molecule is COc1cc(O)c([C@H]2C3=CCn4c(=O)n(-c5ccccc5)c(=O)n4[C@@H]3CC3=C2C(=O)C(C)=CC3=O)c(OC)c1. The molecule has 0 saturated carbocycles. The van der Waals surface area contributed by atoms with Crippen molar-refractivity contribution in [2.24, 2.45) is 0 Å². The van der Waals surface area contributed by atoms with Crippen LogP contribution in [0.15, 0.2) is 86.5 Å². The molecule has 1 aromatic heterocycles.